The molecule has 0 spiro atoms. The summed E-state index contributed by atoms with van der Waals surface area (Å²) in [5.74, 6) is 0.139. The van der Waals surface area contributed by atoms with Gasteiger partial charge in [-0.25, -0.2) is 0 Å². The van der Waals surface area contributed by atoms with Crippen LogP contribution in [-0.4, -0.2) is 11.3 Å². The van der Waals surface area contributed by atoms with Crippen molar-refractivity contribution >= 4 is 55.4 Å². The fraction of sp³-hybridized carbons (Fsp3) is 0. The molecule has 0 saturated heterocycles. The molecule has 0 radical (unpaired) electrons. The summed E-state index contributed by atoms with van der Waals surface area (Å²) in [6, 6.07) is 10.7. The van der Waals surface area contributed by atoms with Gasteiger partial charge in [0, 0.05) is 15.1 Å². The lowest BCUT2D eigenvalue weighted by atomic mass is 10.2. The van der Waals surface area contributed by atoms with Gasteiger partial charge in [-0.15, -0.1) is 0 Å². The van der Waals surface area contributed by atoms with Gasteiger partial charge in [-0.2, -0.15) is 5.10 Å². The third-order valence-corrected chi connectivity index (χ3v) is 3.58. The lowest BCUT2D eigenvalue weighted by Crippen LogP contribution is -1.91. The Morgan fingerprint density at radius 3 is 2.74 bits per heavy atom. The predicted octanol–water partition coefficient (Wildman–Crippen LogP) is 5.02. The van der Waals surface area contributed by atoms with Crippen LogP contribution in [0.2, 0.25) is 5.02 Å². The molecule has 0 bridgehead atoms. The van der Waals surface area contributed by atoms with Crippen LogP contribution in [0.1, 0.15) is 5.56 Å². The number of nitrogens with one attached hydrogen (secondary N) is 1. The number of phenols is 1. The topological polar surface area (TPSA) is 44.6 Å². The quantitative estimate of drug-likeness (QED) is 0.558. The number of phenolic OH excluding ortho intramolecular Hbond substituents is 1. The van der Waals surface area contributed by atoms with E-state index in [4.69, 9.17) is 11.6 Å². The van der Waals surface area contributed by atoms with Crippen molar-refractivity contribution in [1.29, 1.82) is 0 Å². The van der Waals surface area contributed by atoms with Gasteiger partial charge < -0.3 is 5.11 Å². The predicted molar refractivity (Wildman–Crippen MR) is 86.2 cm³/mol. The van der Waals surface area contributed by atoms with Crippen molar-refractivity contribution in [3.05, 3.63) is 55.9 Å². The fourth-order valence-electron chi connectivity index (χ4n) is 1.42. The van der Waals surface area contributed by atoms with E-state index in [1.54, 1.807) is 24.3 Å². The van der Waals surface area contributed by atoms with E-state index in [0.717, 1.165) is 10.2 Å². The van der Waals surface area contributed by atoms with Crippen LogP contribution in [-0.2, 0) is 0 Å². The summed E-state index contributed by atoms with van der Waals surface area (Å²) in [5, 5.41) is 14.5. The lowest BCUT2D eigenvalue weighted by molar-refractivity contribution is 0.471. The van der Waals surface area contributed by atoms with Crippen LogP contribution in [0, 0.1) is 0 Å². The van der Waals surface area contributed by atoms with Crippen molar-refractivity contribution in [2.24, 2.45) is 5.10 Å². The molecule has 0 aliphatic heterocycles. The average molecular weight is 404 g/mol. The average Bonchev–Trinajstić information content (AvgIpc) is 2.35. The van der Waals surface area contributed by atoms with Crippen molar-refractivity contribution in [3.63, 3.8) is 0 Å². The Bertz CT molecular complexity index is 632. The van der Waals surface area contributed by atoms with Crippen molar-refractivity contribution in [2.45, 2.75) is 0 Å². The Morgan fingerprint density at radius 2 is 2.00 bits per heavy atom. The molecule has 2 aromatic carbocycles. The van der Waals surface area contributed by atoms with Crippen LogP contribution in [0.3, 0.4) is 0 Å². The molecule has 0 unspecified atom stereocenters. The van der Waals surface area contributed by atoms with Gasteiger partial charge in [-0.3, -0.25) is 5.43 Å². The van der Waals surface area contributed by atoms with Gasteiger partial charge in [0.15, 0.2) is 0 Å². The zero-order valence-electron chi connectivity index (χ0n) is 9.57. The third kappa shape index (κ3) is 3.96. The van der Waals surface area contributed by atoms with E-state index in [2.05, 4.69) is 42.4 Å². The number of rotatable bonds is 3. The molecular weight excluding hydrogens is 395 g/mol. The Kier molecular flexibility index (Phi) is 4.85. The Labute approximate surface area is 132 Å². The molecule has 0 aliphatic rings. The van der Waals surface area contributed by atoms with E-state index in [1.165, 1.54) is 6.21 Å². The third-order valence-electron chi connectivity index (χ3n) is 2.28. The largest absolute Gasteiger partial charge is 0.506 e. The molecule has 98 valence electrons. The van der Waals surface area contributed by atoms with Crippen LogP contribution in [0.25, 0.3) is 0 Å². The van der Waals surface area contributed by atoms with E-state index in [9.17, 15) is 5.11 Å². The van der Waals surface area contributed by atoms with Crippen LogP contribution < -0.4 is 5.43 Å². The monoisotopic (exact) mass is 402 g/mol. The fourth-order valence-corrected chi connectivity index (χ4v) is 2.87. The van der Waals surface area contributed by atoms with Gasteiger partial charge in [0.25, 0.3) is 0 Å². The summed E-state index contributed by atoms with van der Waals surface area (Å²) in [4.78, 5) is 0. The van der Waals surface area contributed by atoms with Crippen molar-refractivity contribution in [2.75, 3.05) is 5.43 Å². The van der Waals surface area contributed by atoms with Gasteiger partial charge in [0.2, 0.25) is 0 Å². The molecule has 2 N–H and O–H groups in total. The van der Waals surface area contributed by atoms with Crippen LogP contribution >= 0.6 is 43.5 Å². The highest BCUT2D eigenvalue weighted by Gasteiger charge is 2.05. The highest BCUT2D eigenvalue weighted by atomic mass is 79.9. The van der Waals surface area contributed by atoms with Crippen molar-refractivity contribution in [1.82, 2.24) is 0 Å². The highest BCUT2D eigenvalue weighted by molar-refractivity contribution is 9.11. The number of halogens is 3. The van der Waals surface area contributed by atoms with Crippen molar-refractivity contribution < 1.29 is 5.11 Å². The highest BCUT2D eigenvalue weighted by Crippen LogP contribution is 2.30. The van der Waals surface area contributed by atoms with E-state index < -0.39 is 0 Å². The normalized spacial score (nSPS) is 10.9. The van der Waals surface area contributed by atoms with Gasteiger partial charge in [-0.05, 0) is 46.3 Å². The smallest absolute Gasteiger partial charge is 0.138 e. The molecule has 19 heavy (non-hydrogen) atoms. The zero-order chi connectivity index (χ0) is 13.8. The number of hydrogen-bond donors (Lipinski definition) is 2. The van der Waals surface area contributed by atoms with Crippen LogP contribution in [0.15, 0.2) is 50.4 Å². The van der Waals surface area contributed by atoms with E-state index in [1.807, 2.05) is 12.1 Å². The maximum Gasteiger partial charge on any atom is 0.138 e. The van der Waals surface area contributed by atoms with E-state index in [0.29, 0.717) is 15.1 Å². The molecule has 0 heterocycles. The maximum atomic E-state index is 9.86. The van der Waals surface area contributed by atoms with Crippen LogP contribution in [0.5, 0.6) is 5.75 Å². The summed E-state index contributed by atoms with van der Waals surface area (Å²) < 4.78 is 1.45. The molecular formula is C13H9Br2ClN2O. The molecule has 0 aromatic heterocycles. The molecule has 2 rings (SSSR count). The molecule has 0 amide bonds. The molecule has 0 aliphatic carbocycles. The Hall–Kier alpha value is -1.04. The van der Waals surface area contributed by atoms with E-state index in [-0.39, 0.29) is 5.75 Å². The number of anilines is 1. The molecule has 6 heteroatoms. The summed E-state index contributed by atoms with van der Waals surface area (Å²) in [5.41, 5.74) is 4.21. The maximum absolute atomic E-state index is 9.86. The number of nitrogens with zero attached hydrogens (tertiary/aromatic N) is 1. The molecule has 0 fully saturated rings. The summed E-state index contributed by atoms with van der Waals surface area (Å²) >= 11 is 12.5. The first-order valence-corrected chi connectivity index (χ1v) is 7.25. The minimum absolute atomic E-state index is 0.139. The molecule has 0 saturated carbocycles. The van der Waals surface area contributed by atoms with Gasteiger partial charge >= 0.3 is 0 Å². The first-order chi connectivity index (χ1) is 9.06. The Morgan fingerprint density at radius 1 is 1.21 bits per heavy atom. The SMILES string of the molecule is Oc1c(Br)cc(Br)cc1/C=N/Nc1cccc(Cl)c1. The van der Waals surface area contributed by atoms with Crippen LogP contribution in [0.4, 0.5) is 5.69 Å². The number of aromatic hydroxyl groups is 1. The molecule has 2 aromatic rings. The van der Waals surface area contributed by atoms with Gasteiger partial charge in [0.05, 0.1) is 16.4 Å². The second-order valence-corrected chi connectivity index (χ2v) is 5.91. The molecule has 0 atom stereocenters. The summed E-state index contributed by atoms with van der Waals surface area (Å²) in [7, 11) is 0. The van der Waals surface area contributed by atoms with Gasteiger partial charge in [-0.1, -0.05) is 33.6 Å². The van der Waals surface area contributed by atoms with Crippen molar-refractivity contribution in [3.8, 4) is 5.75 Å². The second-order valence-electron chi connectivity index (χ2n) is 3.71. The lowest BCUT2D eigenvalue weighted by Gasteiger charge is -2.03. The molecule has 3 nitrogen and oxygen atoms in total. The number of benzene rings is 2. The summed E-state index contributed by atoms with van der Waals surface area (Å²) in [6.07, 6.45) is 1.53. The summed E-state index contributed by atoms with van der Waals surface area (Å²) in [6.45, 7) is 0. The number of hydrazone groups is 1. The van der Waals surface area contributed by atoms with Gasteiger partial charge in [0.1, 0.15) is 5.75 Å². The van der Waals surface area contributed by atoms with E-state index >= 15 is 0 Å². The second kappa shape index (κ2) is 6.41. The Balaban J connectivity index is 2.15. The number of hydrogen-bond acceptors (Lipinski definition) is 3. The first-order valence-electron chi connectivity index (χ1n) is 5.29. The zero-order valence-corrected chi connectivity index (χ0v) is 13.5. The minimum Gasteiger partial charge on any atom is -0.506 e. The standard InChI is InChI=1S/C13H9Br2ClN2O/c14-9-4-8(13(19)12(15)5-9)7-17-18-11-3-1-2-10(16)6-11/h1-7,18-19H/b17-7+. The first kappa shape index (κ1) is 14.4. The minimum atomic E-state index is 0.139.